The van der Waals surface area contributed by atoms with Gasteiger partial charge in [0.1, 0.15) is 11.6 Å². The molecule has 8 heteroatoms. The highest BCUT2D eigenvalue weighted by atomic mass is 16.5. The molecule has 8 nitrogen and oxygen atoms in total. The molecule has 0 bridgehead atoms. The average Bonchev–Trinajstić information content (AvgIpc) is 3.22. The van der Waals surface area contributed by atoms with E-state index in [1.165, 1.54) is 0 Å². The number of hydrogen-bond donors (Lipinski definition) is 2. The van der Waals surface area contributed by atoms with Gasteiger partial charge in [-0.2, -0.15) is 4.98 Å². The molecule has 2 aromatic heterocycles. The van der Waals surface area contributed by atoms with Gasteiger partial charge in [-0.05, 0) is 25.8 Å². The first-order chi connectivity index (χ1) is 12.6. The van der Waals surface area contributed by atoms with Gasteiger partial charge in [0.15, 0.2) is 0 Å². The smallest absolute Gasteiger partial charge is 0.227 e. The van der Waals surface area contributed by atoms with Gasteiger partial charge in [-0.3, -0.25) is 0 Å². The zero-order valence-corrected chi connectivity index (χ0v) is 15.0. The molecule has 4 heterocycles. The molecule has 2 aromatic rings. The van der Waals surface area contributed by atoms with E-state index in [9.17, 15) is 10.2 Å². The molecule has 0 aliphatic carbocycles. The van der Waals surface area contributed by atoms with Crippen molar-refractivity contribution in [3.05, 3.63) is 29.8 Å². The Balaban J connectivity index is 1.43. The van der Waals surface area contributed by atoms with Gasteiger partial charge in [-0.1, -0.05) is 5.16 Å². The lowest BCUT2D eigenvalue weighted by Gasteiger charge is -2.31. The molecule has 2 N–H and O–H groups in total. The van der Waals surface area contributed by atoms with E-state index in [1.807, 2.05) is 24.0 Å². The molecule has 0 amide bonds. The molecule has 0 radical (unpaired) electrons. The average molecular weight is 359 g/mol. The maximum Gasteiger partial charge on any atom is 0.227 e. The summed E-state index contributed by atoms with van der Waals surface area (Å²) < 4.78 is 5.28. The molecule has 4 rings (SSSR count). The predicted octanol–water partition coefficient (Wildman–Crippen LogP) is 0.774. The Hall–Kier alpha value is -2.19. The molecule has 2 fully saturated rings. The van der Waals surface area contributed by atoms with Crippen LogP contribution in [-0.4, -0.2) is 63.7 Å². The van der Waals surface area contributed by atoms with Crippen molar-refractivity contribution in [3.63, 3.8) is 0 Å². The molecule has 2 aliphatic rings. The van der Waals surface area contributed by atoms with Crippen LogP contribution in [0.2, 0.25) is 0 Å². The standard InChI is InChI=1S/C18H25N5O3/c1-12-8-15(26-21-12)9-13-10-23(11-16(13)25)18-19-5-2-17(20-18)22-6-3-14(24)4-7-22/h2,5,8,13-14,16,24-25H,3-4,6-7,9-11H2,1H3/t13-,16-/m1/s1. The van der Waals surface area contributed by atoms with E-state index in [-0.39, 0.29) is 12.0 Å². The van der Waals surface area contributed by atoms with Crippen molar-refractivity contribution in [1.82, 2.24) is 15.1 Å². The van der Waals surface area contributed by atoms with Crippen LogP contribution in [-0.2, 0) is 6.42 Å². The zero-order chi connectivity index (χ0) is 18.1. The fourth-order valence-corrected chi connectivity index (χ4v) is 3.75. The molecule has 2 atom stereocenters. The first kappa shape index (κ1) is 17.2. The fraction of sp³-hybridized carbons (Fsp3) is 0.611. The monoisotopic (exact) mass is 359 g/mol. The van der Waals surface area contributed by atoms with Gasteiger partial charge >= 0.3 is 0 Å². The van der Waals surface area contributed by atoms with Gasteiger partial charge in [0.25, 0.3) is 0 Å². The van der Waals surface area contributed by atoms with Gasteiger partial charge in [0, 0.05) is 50.8 Å². The summed E-state index contributed by atoms with van der Waals surface area (Å²) in [6.45, 7) is 4.69. The first-order valence-electron chi connectivity index (χ1n) is 9.20. The number of aliphatic hydroxyl groups excluding tert-OH is 2. The summed E-state index contributed by atoms with van der Waals surface area (Å²) in [5.74, 6) is 2.39. The molecule has 0 aromatic carbocycles. The molecule has 0 unspecified atom stereocenters. The third-order valence-corrected chi connectivity index (χ3v) is 5.25. The highest BCUT2D eigenvalue weighted by molar-refractivity contribution is 5.45. The SMILES string of the molecule is Cc1cc(C[C@@H]2CN(c3nccc(N4CCC(O)CC4)n3)C[C@H]2O)on1. The Kier molecular flexibility index (Phi) is 4.78. The van der Waals surface area contributed by atoms with Gasteiger partial charge in [-0.25, -0.2) is 4.98 Å². The van der Waals surface area contributed by atoms with Crippen LogP contribution < -0.4 is 9.80 Å². The van der Waals surface area contributed by atoms with E-state index < -0.39 is 6.10 Å². The number of piperidine rings is 1. The Labute approximate surface area is 152 Å². The van der Waals surface area contributed by atoms with Crippen LogP contribution in [0.3, 0.4) is 0 Å². The second-order valence-corrected chi connectivity index (χ2v) is 7.30. The van der Waals surface area contributed by atoms with Crippen molar-refractivity contribution in [2.75, 3.05) is 36.0 Å². The largest absolute Gasteiger partial charge is 0.393 e. The molecule has 140 valence electrons. The number of hydrogen-bond acceptors (Lipinski definition) is 8. The minimum atomic E-state index is -0.446. The van der Waals surface area contributed by atoms with E-state index in [0.29, 0.717) is 25.5 Å². The summed E-state index contributed by atoms with van der Waals surface area (Å²) in [5, 5.41) is 24.0. The van der Waals surface area contributed by atoms with Crippen molar-refractivity contribution in [1.29, 1.82) is 0 Å². The molecule has 0 spiro atoms. The molecule has 26 heavy (non-hydrogen) atoms. The van der Waals surface area contributed by atoms with E-state index in [1.54, 1.807) is 6.20 Å². The van der Waals surface area contributed by atoms with Gasteiger partial charge in [0.2, 0.25) is 5.95 Å². The predicted molar refractivity (Wildman–Crippen MR) is 96.1 cm³/mol. The van der Waals surface area contributed by atoms with Crippen molar-refractivity contribution in [2.45, 2.75) is 38.4 Å². The fourth-order valence-electron chi connectivity index (χ4n) is 3.75. The van der Waals surface area contributed by atoms with E-state index in [2.05, 4.69) is 15.0 Å². The van der Waals surface area contributed by atoms with Gasteiger partial charge in [0.05, 0.1) is 17.9 Å². The second-order valence-electron chi connectivity index (χ2n) is 7.30. The Morgan fingerprint density at radius 3 is 2.73 bits per heavy atom. The summed E-state index contributed by atoms with van der Waals surface area (Å²) in [6, 6.07) is 3.82. The maximum atomic E-state index is 10.4. The summed E-state index contributed by atoms with van der Waals surface area (Å²) in [5.41, 5.74) is 0.854. The van der Waals surface area contributed by atoms with Crippen LogP contribution in [0.1, 0.15) is 24.3 Å². The van der Waals surface area contributed by atoms with Gasteiger partial charge < -0.3 is 24.5 Å². The van der Waals surface area contributed by atoms with Crippen LogP contribution in [0.25, 0.3) is 0 Å². The lowest BCUT2D eigenvalue weighted by atomic mass is 10.0. The van der Waals surface area contributed by atoms with E-state index >= 15 is 0 Å². The highest BCUT2D eigenvalue weighted by Crippen LogP contribution is 2.26. The lowest BCUT2D eigenvalue weighted by molar-refractivity contribution is 0.143. The van der Waals surface area contributed by atoms with E-state index in [4.69, 9.17) is 9.51 Å². The molecule has 2 aliphatic heterocycles. The van der Waals surface area contributed by atoms with Crippen molar-refractivity contribution >= 4 is 11.8 Å². The van der Waals surface area contributed by atoms with Crippen molar-refractivity contribution in [3.8, 4) is 0 Å². The first-order valence-corrected chi connectivity index (χ1v) is 9.20. The van der Waals surface area contributed by atoms with Crippen LogP contribution in [0, 0.1) is 12.8 Å². The summed E-state index contributed by atoms with van der Waals surface area (Å²) in [7, 11) is 0. The molecule has 2 saturated heterocycles. The number of β-amino-alcohol motifs (C(OH)–C–C–N with tert-alkyl or cyclic N) is 1. The minimum Gasteiger partial charge on any atom is -0.393 e. The molecule has 0 saturated carbocycles. The van der Waals surface area contributed by atoms with Crippen molar-refractivity contribution < 1.29 is 14.7 Å². The third-order valence-electron chi connectivity index (χ3n) is 5.25. The number of aliphatic hydroxyl groups is 2. The molecular formula is C18H25N5O3. The van der Waals surface area contributed by atoms with Crippen LogP contribution >= 0.6 is 0 Å². The third kappa shape index (κ3) is 3.66. The number of anilines is 2. The Bertz CT molecular complexity index is 744. The topological polar surface area (TPSA) is 98.8 Å². The quantitative estimate of drug-likeness (QED) is 0.826. The normalized spacial score (nSPS) is 24.4. The van der Waals surface area contributed by atoms with Crippen LogP contribution in [0.15, 0.2) is 22.9 Å². The molecular weight excluding hydrogens is 334 g/mol. The lowest BCUT2D eigenvalue weighted by Crippen LogP contribution is -2.36. The number of aryl methyl sites for hydroxylation is 1. The Morgan fingerprint density at radius 1 is 1.19 bits per heavy atom. The number of rotatable bonds is 4. The Morgan fingerprint density at radius 2 is 2.00 bits per heavy atom. The van der Waals surface area contributed by atoms with E-state index in [0.717, 1.165) is 43.2 Å². The van der Waals surface area contributed by atoms with Crippen molar-refractivity contribution in [2.24, 2.45) is 5.92 Å². The van der Waals surface area contributed by atoms with Crippen LogP contribution in [0.4, 0.5) is 11.8 Å². The summed E-state index contributed by atoms with van der Waals surface area (Å²) in [6.07, 6.45) is 3.30. The highest BCUT2D eigenvalue weighted by Gasteiger charge is 2.34. The minimum absolute atomic E-state index is 0.0692. The summed E-state index contributed by atoms with van der Waals surface area (Å²) >= 11 is 0. The maximum absolute atomic E-state index is 10.4. The van der Waals surface area contributed by atoms with Gasteiger partial charge in [-0.15, -0.1) is 0 Å². The van der Waals surface area contributed by atoms with Crippen LogP contribution in [0.5, 0.6) is 0 Å². The summed E-state index contributed by atoms with van der Waals surface area (Å²) in [4.78, 5) is 13.3. The second kappa shape index (κ2) is 7.20. The number of nitrogens with zero attached hydrogens (tertiary/aromatic N) is 5. The number of aromatic nitrogens is 3. The zero-order valence-electron chi connectivity index (χ0n) is 15.0.